The second-order valence-corrected chi connectivity index (χ2v) is 8.89. The van der Waals surface area contributed by atoms with Gasteiger partial charge in [0.05, 0.1) is 18.6 Å². The first-order valence-corrected chi connectivity index (χ1v) is 10.4. The van der Waals surface area contributed by atoms with Crippen LogP contribution in [-0.2, 0) is 21.3 Å². The average molecular weight is 353 g/mol. The van der Waals surface area contributed by atoms with Gasteiger partial charge in [-0.1, -0.05) is 6.07 Å². The largest absolute Gasteiger partial charge is 0.383 e. The Bertz CT molecular complexity index is 642. The molecule has 2 aliphatic rings. The van der Waals surface area contributed by atoms with E-state index in [9.17, 15) is 8.42 Å². The summed E-state index contributed by atoms with van der Waals surface area (Å²) >= 11 is 0. The monoisotopic (exact) mass is 353 g/mol. The lowest BCUT2D eigenvalue weighted by atomic mass is 9.86. The SMILES string of the molecule is COC[C@@H]1CCC2(CCN(Cc3ccccn3)CC2)N1S(C)(=O)=O. The van der Waals surface area contributed by atoms with E-state index in [1.165, 1.54) is 6.26 Å². The molecule has 0 saturated carbocycles. The van der Waals surface area contributed by atoms with E-state index in [-0.39, 0.29) is 11.6 Å². The lowest BCUT2D eigenvalue weighted by Gasteiger charge is -2.45. The Kier molecular flexibility index (Phi) is 5.24. The Labute approximate surface area is 144 Å². The van der Waals surface area contributed by atoms with Gasteiger partial charge in [-0.25, -0.2) is 8.42 Å². The molecule has 1 aromatic heterocycles. The summed E-state index contributed by atoms with van der Waals surface area (Å²) < 4.78 is 31.8. The number of methoxy groups -OCH3 is 1. The number of nitrogens with zero attached hydrogens (tertiary/aromatic N) is 3. The van der Waals surface area contributed by atoms with Gasteiger partial charge in [0.15, 0.2) is 0 Å². The number of rotatable bonds is 5. The Morgan fingerprint density at radius 2 is 2.04 bits per heavy atom. The average Bonchev–Trinajstić information content (AvgIpc) is 2.90. The van der Waals surface area contributed by atoms with Gasteiger partial charge in [-0.05, 0) is 37.8 Å². The van der Waals surface area contributed by atoms with Crippen molar-refractivity contribution in [2.45, 2.75) is 43.8 Å². The molecule has 2 saturated heterocycles. The summed E-state index contributed by atoms with van der Waals surface area (Å²) in [6.45, 7) is 3.12. The molecule has 1 atom stereocenters. The fourth-order valence-electron chi connectivity index (χ4n) is 4.33. The molecule has 6 nitrogen and oxygen atoms in total. The number of ether oxygens (including phenoxy) is 1. The van der Waals surface area contributed by atoms with Gasteiger partial charge in [-0.15, -0.1) is 0 Å². The van der Waals surface area contributed by atoms with Crippen molar-refractivity contribution in [2.24, 2.45) is 0 Å². The van der Waals surface area contributed by atoms with Crippen molar-refractivity contribution in [3.8, 4) is 0 Å². The minimum atomic E-state index is -3.24. The molecule has 0 N–H and O–H groups in total. The molecule has 0 bridgehead atoms. The van der Waals surface area contributed by atoms with Gasteiger partial charge in [0.2, 0.25) is 10.0 Å². The summed E-state index contributed by atoms with van der Waals surface area (Å²) in [5, 5.41) is 0. The van der Waals surface area contributed by atoms with E-state index < -0.39 is 10.0 Å². The highest BCUT2D eigenvalue weighted by atomic mass is 32.2. The quantitative estimate of drug-likeness (QED) is 0.802. The van der Waals surface area contributed by atoms with Crippen LogP contribution in [0.3, 0.4) is 0 Å². The normalized spacial score (nSPS) is 25.3. The maximum atomic E-state index is 12.4. The zero-order valence-corrected chi connectivity index (χ0v) is 15.3. The highest BCUT2D eigenvalue weighted by Gasteiger charge is 2.51. The van der Waals surface area contributed by atoms with Crippen LogP contribution in [-0.4, -0.2) is 67.2 Å². The van der Waals surface area contributed by atoms with Crippen LogP contribution < -0.4 is 0 Å². The molecule has 0 aromatic carbocycles. The van der Waals surface area contributed by atoms with E-state index in [2.05, 4.69) is 9.88 Å². The Hall–Kier alpha value is -1.02. The Morgan fingerprint density at radius 3 is 2.62 bits per heavy atom. The first kappa shape index (κ1) is 17.8. The predicted octanol–water partition coefficient (Wildman–Crippen LogP) is 1.49. The topological polar surface area (TPSA) is 62.7 Å². The van der Waals surface area contributed by atoms with Gasteiger partial charge in [-0.3, -0.25) is 9.88 Å². The molecular formula is C17H27N3O3S. The van der Waals surface area contributed by atoms with Crippen molar-refractivity contribution >= 4 is 10.0 Å². The van der Waals surface area contributed by atoms with Gasteiger partial charge in [0.25, 0.3) is 0 Å². The van der Waals surface area contributed by atoms with Crippen LogP contribution in [0.4, 0.5) is 0 Å². The fourth-order valence-corrected chi connectivity index (χ4v) is 6.02. The predicted molar refractivity (Wildman–Crippen MR) is 93.1 cm³/mol. The van der Waals surface area contributed by atoms with E-state index in [0.717, 1.165) is 51.0 Å². The molecule has 134 valence electrons. The van der Waals surface area contributed by atoms with E-state index in [1.807, 2.05) is 24.4 Å². The maximum absolute atomic E-state index is 12.4. The van der Waals surface area contributed by atoms with Gasteiger partial charge in [-0.2, -0.15) is 4.31 Å². The van der Waals surface area contributed by atoms with Crippen LogP contribution in [0.2, 0.25) is 0 Å². The Morgan fingerprint density at radius 1 is 1.29 bits per heavy atom. The van der Waals surface area contributed by atoms with Crippen molar-refractivity contribution in [1.29, 1.82) is 0 Å². The Balaban J connectivity index is 1.69. The second-order valence-electron chi connectivity index (χ2n) is 7.03. The van der Waals surface area contributed by atoms with Crippen molar-refractivity contribution < 1.29 is 13.2 Å². The highest BCUT2D eigenvalue weighted by molar-refractivity contribution is 7.88. The molecule has 3 heterocycles. The molecular weight excluding hydrogens is 326 g/mol. The molecule has 0 amide bonds. The van der Waals surface area contributed by atoms with E-state index in [1.54, 1.807) is 11.4 Å². The third-order valence-electron chi connectivity index (χ3n) is 5.36. The zero-order valence-electron chi connectivity index (χ0n) is 14.5. The second kappa shape index (κ2) is 7.07. The van der Waals surface area contributed by atoms with Gasteiger partial charge in [0, 0.05) is 44.5 Å². The lowest BCUT2D eigenvalue weighted by Crippen LogP contribution is -2.56. The lowest BCUT2D eigenvalue weighted by molar-refractivity contribution is 0.0654. The van der Waals surface area contributed by atoms with Crippen LogP contribution >= 0.6 is 0 Å². The van der Waals surface area contributed by atoms with Crippen LogP contribution in [0.1, 0.15) is 31.4 Å². The highest BCUT2D eigenvalue weighted by Crippen LogP contribution is 2.43. The maximum Gasteiger partial charge on any atom is 0.212 e. The van der Waals surface area contributed by atoms with E-state index in [4.69, 9.17) is 4.74 Å². The molecule has 0 unspecified atom stereocenters. The first-order valence-electron chi connectivity index (χ1n) is 8.55. The number of likely N-dealkylation sites (tertiary alicyclic amines) is 1. The minimum Gasteiger partial charge on any atom is -0.383 e. The summed E-state index contributed by atoms with van der Waals surface area (Å²) in [7, 11) is -1.60. The standard InChI is InChI=1S/C17H27N3O3S/c1-23-14-16-6-7-17(20(16)24(2,21)22)8-11-19(12-9-17)13-15-5-3-4-10-18-15/h3-5,10,16H,6-9,11-14H2,1-2H3/t16-/m0/s1. The molecule has 1 aromatic rings. The first-order chi connectivity index (χ1) is 11.4. The molecule has 0 aliphatic carbocycles. The van der Waals surface area contributed by atoms with Gasteiger partial charge < -0.3 is 4.74 Å². The summed E-state index contributed by atoms with van der Waals surface area (Å²) in [6, 6.07) is 5.95. The molecule has 7 heteroatoms. The third kappa shape index (κ3) is 3.64. The molecule has 0 radical (unpaired) electrons. The summed E-state index contributed by atoms with van der Waals surface area (Å²) in [4.78, 5) is 6.76. The molecule has 2 fully saturated rings. The fraction of sp³-hybridized carbons (Fsp3) is 0.706. The molecule has 3 rings (SSSR count). The van der Waals surface area contributed by atoms with Gasteiger partial charge in [0.1, 0.15) is 0 Å². The van der Waals surface area contributed by atoms with Crippen molar-refractivity contribution in [3.63, 3.8) is 0 Å². The number of aromatic nitrogens is 1. The summed E-state index contributed by atoms with van der Waals surface area (Å²) in [6.07, 6.45) is 6.74. The molecule has 24 heavy (non-hydrogen) atoms. The number of pyridine rings is 1. The van der Waals surface area contributed by atoms with Crippen LogP contribution in [0.15, 0.2) is 24.4 Å². The number of sulfonamides is 1. The van der Waals surface area contributed by atoms with E-state index >= 15 is 0 Å². The molecule has 1 spiro atoms. The number of hydrogen-bond donors (Lipinski definition) is 0. The third-order valence-corrected chi connectivity index (χ3v) is 6.76. The number of hydrogen-bond acceptors (Lipinski definition) is 5. The van der Waals surface area contributed by atoms with Crippen molar-refractivity contribution in [3.05, 3.63) is 30.1 Å². The van der Waals surface area contributed by atoms with Crippen LogP contribution in [0, 0.1) is 0 Å². The summed E-state index contributed by atoms with van der Waals surface area (Å²) in [5.74, 6) is 0. The van der Waals surface area contributed by atoms with Crippen LogP contribution in [0.5, 0.6) is 0 Å². The van der Waals surface area contributed by atoms with Crippen molar-refractivity contribution in [2.75, 3.05) is 33.1 Å². The van der Waals surface area contributed by atoms with Crippen LogP contribution in [0.25, 0.3) is 0 Å². The minimum absolute atomic E-state index is 0.0210. The number of piperidine rings is 1. The van der Waals surface area contributed by atoms with Gasteiger partial charge >= 0.3 is 0 Å². The summed E-state index contributed by atoms with van der Waals surface area (Å²) in [5.41, 5.74) is 0.842. The smallest absolute Gasteiger partial charge is 0.212 e. The van der Waals surface area contributed by atoms with Crippen molar-refractivity contribution in [1.82, 2.24) is 14.2 Å². The zero-order chi connectivity index (χ0) is 17.2. The van der Waals surface area contributed by atoms with E-state index in [0.29, 0.717) is 6.61 Å². The molecule has 2 aliphatic heterocycles.